The van der Waals surface area contributed by atoms with Crippen LogP contribution in [0, 0.1) is 5.82 Å². The fourth-order valence-corrected chi connectivity index (χ4v) is 5.57. The number of halogens is 3. The standard InChI is InChI=1S/C25H17Br2FN2O4S/c1-30-23(31)21(35-25(30)29-18-8-4-16(5-9-18)24(32)33)12-15-10-19(26)22(20(27)11-15)34-13-14-2-6-17(28)7-3-14/h2-12H,13H2,1H3,(H,32,33). The van der Waals surface area contributed by atoms with Crippen molar-refractivity contribution >= 4 is 72.4 Å². The number of ether oxygens (including phenoxy) is 1. The molecule has 3 aromatic carbocycles. The Morgan fingerprint density at radius 1 is 1.11 bits per heavy atom. The van der Waals surface area contributed by atoms with Gasteiger partial charge in [0.25, 0.3) is 5.91 Å². The van der Waals surface area contributed by atoms with Crippen LogP contribution >= 0.6 is 43.6 Å². The number of carbonyl (C=O) groups is 2. The third kappa shape index (κ3) is 6.01. The van der Waals surface area contributed by atoms with Crippen LogP contribution in [0.1, 0.15) is 21.5 Å². The lowest BCUT2D eigenvalue weighted by Crippen LogP contribution is -2.23. The summed E-state index contributed by atoms with van der Waals surface area (Å²) >= 11 is 8.27. The number of amidine groups is 1. The molecular weight excluding hydrogens is 603 g/mol. The van der Waals surface area contributed by atoms with Gasteiger partial charge >= 0.3 is 5.97 Å². The number of aliphatic imine (C=N–C) groups is 1. The maximum Gasteiger partial charge on any atom is 0.335 e. The number of nitrogens with zero attached hydrogens (tertiary/aromatic N) is 2. The fraction of sp³-hybridized carbons (Fsp3) is 0.0800. The van der Waals surface area contributed by atoms with Crippen LogP contribution in [0.25, 0.3) is 6.08 Å². The van der Waals surface area contributed by atoms with Gasteiger partial charge < -0.3 is 9.84 Å². The zero-order chi connectivity index (χ0) is 25.1. The van der Waals surface area contributed by atoms with Crippen molar-refractivity contribution in [3.05, 3.63) is 97.0 Å². The van der Waals surface area contributed by atoms with Crippen molar-refractivity contribution in [3.8, 4) is 5.75 Å². The minimum atomic E-state index is -1.01. The predicted molar refractivity (Wildman–Crippen MR) is 141 cm³/mol. The van der Waals surface area contributed by atoms with E-state index in [-0.39, 0.29) is 23.9 Å². The van der Waals surface area contributed by atoms with Gasteiger partial charge in [0, 0.05) is 7.05 Å². The number of aromatic carboxylic acids is 1. The lowest BCUT2D eigenvalue weighted by atomic mass is 10.2. The molecule has 1 N–H and O–H groups in total. The first-order chi connectivity index (χ1) is 16.7. The van der Waals surface area contributed by atoms with Gasteiger partial charge in [0.1, 0.15) is 18.2 Å². The number of carboxylic acid groups (broad SMARTS) is 1. The van der Waals surface area contributed by atoms with Crippen LogP contribution in [0.4, 0.5) is 10.1 Å². The Balaban J connectivity index is 1.52. The first-order valence-electron chi connectivity index (χ1n) is 10.2. The molecule has 6 nitrogen and oxygen atoms in total. The van der Waals surface area contributed by atoms with Crippen LogP contribution in [0.5, 0.6) is 5.75 Å². The van der Waals surface area contributed by atoms with Gasteiger partial charge in [-0.1, -0.05) is 12.1 Å². The third-order valence-electron chi connectivity index (χ3n) is 4.96. The minimum absolute atomic E-state index is 0.166. The quantitative estimate of drug-likeness (QED) is 0.305. The van der Waals surface area contributed by atoms with Crippen molar-refractivity contribution < 1.29 is 23.8 Å². The Morgan fingerprint density at radius 2 is 1.74 bits per heavy atom. The lowest BCUT2D eigenvalue weighted by molar-refractivity contribution is -0.121. The molecule has 1 fully saturated rings. The van der Waals surface area contributed by atoms with Gasteiger partial charge in [-0.25, -0.2) is 14.2 Å². The molecule has 0 aliphatic carbocycles. The number of thioether (sulfide) groups is 1. The maximum absolute atomic E-state index is 13.1. The Bertz CT molecular complexity index is 1340. The van der Waals surface area contributed by atoms with E-state index in [2.05, 4.69) is 36.9 Å². The number of carboxylic acids is 1. The molecule has 1 aliphatic heterocycles. The van der Waals surface area contributed by atoms with Crippen LogP contribution in [-0.2, 0) is 11.4 Å². The largest absolute Gasteiger partial charge is 0.487 e. The molecule has 0 spiro atoms. The maximum atomic E-state index is 13.1. The average molecular weight is 620 g/mol. The minimum Gasteiger partial charge on any atom is -0.487 e. The highest BCUT2D eigenvalue weighted by atomic mass is 79.9. The zero-order valence-electron chi connectivity index (χ0n) is 18.2. The lowest BCUT2D eigenvalue weighted by Gasteiger charge is -2.11. The SMILES string of the molecule is CN1C(=O)C(=Cc2cc(Br)c(OCc3ccc(F)cc3)c(Br)c2)SC1=Nc1ccc(C(=O)O)cc1. The second-order valence-corrected chi connectivity index (χ2v) is 10.2. The van der Waals surface area contributed by atoms with Crippen LogP contribution in [-0.4, -0.2) is 34.1 Å². The highest BCUT2D eigenvalue weighted by Gasteiger charge is 2.30. The number of hydrogen-bond donors (Lipinski definition) is 1. The molecule has 178 valence electrons. The summed E-state index contributed by atoms with van der Waals surface area (Å²) in [5.41, 5.74) is 2.32. The Morgan fingerprint density at radius 3 is 2.34 bits per heavy atom. The normalized spacial score (nSPS) is 15.8. The van der Waals surface area contributed by atoms with Crippen molar-refractivity contribution in [3.63, 3.8) is 0 Å². The summed E-state index contributed by atoms with van der Waals surface area (Å²) in [5.74, 6) is -0.922. The first-order valence-corrected chi connectivity index (χ1v) is 12.6. The summed E-state index contributed by atoms with van der Waals surface area (Å²) < 4.78 is 20.4. The van der Waals surface area contributed by atoms with E-state index in [4.69, 9.17) is 9.84 Å². The van der Waals surface area contributed by atoms with E-state index in [0.29, 0.717) is 30.5 Å². The number of carbonyl (C=O) groups excluding carboxylic acids is 1. The summed E-state index contributed by atoms with van der Waals surface area (Å²) in [5, 5.41) is 9.52. The molecule has 3 aromatic rings. The van der Waals surface area contributed by atoms with Crippen molar-refractivity contribution in [2.75, 3.05) is 7.05 Å². The van der Waals surface area contributed by atoms with E-state index in [1.54, 1.807) is 37.4 Å². The van der Waals surface area contributed by atoms with E-state index in [9.17, 15) is 14.0 Å². The highest BCUT2D eigenvalue weighted by molar-refractivity contribution is 9.11. The van der Waals surface area contributed by atoms with Gasteiger partial charge in [-0.3, -0.25) is 9.69 Å². The average Bonchev–Trinajstić information content (AvgIpc) is 3.07. The van der Waals surface area contributed by atoms with Crippen LogP contribution < -0.4 is 4.74 Å². The number of hydrogen-bond acceptors (Lipinski definition) is 5. The molecule has 1 heterocycles. The molecule has 0 aromatic heterocycles. The number of likely N-dealkylation sites (N-methyl/N-ethyl adjacent to an activating group) is 1. The van der Waals surface area contributed by atoms with E-state index >= 15 is 0 Å². The molecule has 4 rings (SSSR count). The smallest absolute Gasteiger partial charge is 0.335 e. The highest BCUT2D eigenvalue weighted by Crippen LogP contribution is 2.38. The van der Waals surface area contributed by atoms with Crippen molar-refractivity contribution in [2.45, 2.75) is 6.61 Å². The van der Waals surface area contributed by atoms with Gasteiger partial charge in [-0.2, -0.15) is 0 Å². The summed E-state index contributed by atoms with van der Waals surface area (Å²) in [6.45, 7) is 0.268. The van der Waals surface area contributed by atoms with Gasteiger partial charge in [-0.05, 0) is 109 Å². The molecule has 0 bridgehead atoms. The summed E-state index contributed by atoms with van der Waals surface area (Å²) in [6.07, 6.45) is 1.76. The van der Waals surface area contributed by atoms with Gasteiger partial charge in [0.15, 0.2) is 5.17 Å². The van der Waals surface area contributed by atoms with Crippen molar-refractivity contribution in [1.82, 2.24) is 4.90 Å². The van der Waals surface area contributed by atoms with Crippen LogP contribution in [0.15, 0.2) is 79.5 Å². The van der Waals surface area contributed by atoms with Crippen LogP contribution in [0.3, 0.4) is 0 Å². The Hall–Kier alpha value is -2.95. The molecule has 1 aliphatic rings. The fourth-order valence-electron chi connectivity index (χ4n) is 3.13. The predicted octanol–water partition coefficient (Wildman–Crippen LogP) is 6.86. The monoisotopic (exact) mass is 618 g/mol. The zero-order valence-corrected chi connectivity index (χ0v) is 22.2. The number of amides is 1. The van der Waals surface area contributed by atoms with Gasteiger partial charge in [0.05, 0.1) is 25.1 Å². The molecular formula is C25H17Br2FN2O4S. The van der Waals surface area contributed by atoms with E-state index in [1.165, 1.54) is 40.9 Å². The summed E-state index contributed by atoms with van der Waals surface area (Å²) in [4.78, 5) is 30.2. The third-order valence-corrected chi connectivity index (χ3v) is 7.20. The topological polar surface area (TPSA) is 79.2 Å². The Kier molecular flexibility index (Phi) is 7.73. The summed E-state index contributed by atoms with van der Waals surface area (Å²) in [6, 6.07) is 15.9. The Labute approximate surface area is 221 Å². The number of rotatable bonds is 6. The molecule has 1 amide bonds. The van der Waals surface area contributed by atoms with Gasteiger partial charge in [0.2, 0.25) is 0 Å². The van der Waals surface area contributed by atoms with Crippen molar-refractivity contribution in [1.29, 1.82) is 0 Å². The molecule has 0 atom stereocenters. The van der Waals surface area contributed by atoms with Gasteiger partial charge in [-0.15, -0.1) is 0 Å². The summed E-state index contributed by atoms with van der Waals surface area (Å²) in [7, 11) is 1.64. The van der Waals surface area contributed by atoms with Crippen LogP contribution in [0.2, 0.25) is 0 Å². The molecule has 10 heteroatoms. The molecule has 35 heavy (non-hydrogen) atoms. The first kappa shape index (κ1) is 25.2. The second kappa shape index (κ2) is 10.8. The molecule has 0 unspecified atom stereocenters. The molecule has 0 radical (unpaired) electrons. The molecule has 0 saturated carbocycles. The van der Waals surface area contributed by atoms with Crippen molar-refractivity contribution in [2.24, 2.45) is 4.99 Å². The molecule has 1 saturated heterocycles. The van der Waals surface area contributed by atoms with E-state index < -0.39 is 5.97 Å². The van der Waals surface area contributed by atoms with E-state index in [1.807, 2.05) is 12.1 Å². The number of benzene rings is 3. The second-order valence-electron chi connectivity index (χ2n) is 7.45. The van der Waals surface area contributed by atoms with E-state index in [0.717, 1.165) is 11.1 Å².